The first-order valence-corrected chi connectivity index (χ1v) is 4.24. The van der Waals surface area contributed by atoms with Crippen molar-refractivity contribution in [3.05, 3.63) is 23.9 Å². The molecule has 0 saturated heterocycles. The molecule has 0 rings (SSSR count). The Morgan fingerprint density at radius 2 is 1.91 bits per heavy atom. The van der Waals surface area contributed by atoms with Crippen molar-refractivity contribution >= 4 is 0 Å². The Morgan fingerprint density at radius 3 is 2.27 bits per heavy atom. The second-order valence-corrected chi connectivity index (χ2v) is 2.82. The lowest BCUT2D eigenvalue weighted by molar-refractivity contribution is 0.563. The molecule has 0 heterocycles. The molecule has 0 spiro atoms. The number of nitrogens with zero attached hydrogens (tertiary/aromatic N) is 1. The summed E-state index contributed by atoms with van der Waals surface area (Å²) in [6.45, 7) is 4.35. The molecule has 0 unspecified atom stereocenters. The first-order chi connectivity index (χ1) is 5.20. The summed E-state index contributed by atoms with van der Waals surface area (Å²) in [5.74, 6) is 0. The van der Waals surface area contributed by atoms with Gasteiger partial charge in [-0.25, -0.2) is 0 Å². The molecule has 0 aromatic carbocycles. The van der Waals surface area contributed by atoms with Crippen LogP contribution in [0.15, 0.2) is 23.9 Å². The standard InChI is InChI=1S/C10H19N/c1-5-7-10(6-2)8-9-11(3)4/h7-9H,5-6H2,1-4H3/b9-8-,10-7+. The highest BCUT2D eigenvalue weighted by Gasteiger charge is 1.85. The van der Waals surface area contributed by atoms with Crippen molar-refractivity contribution < 1.29 is 0 Å². The molecule has 0 bridgehead atoms. The highest BCUT2D eigenvalue weighted by Crippen LogP contribution is 2.03. The summed E-state index contributed by atoms with van der Waals surface area (Å²) in [6, 6.07) is 0. The van der Waals surface area contributed by atoms with Gasteiger partial charge in [-0.1, -0.05) is 25.5 Å². The minimum atomic E-state index is 1.12. The summed E-state index contributed by atoms with van der Waals surface area (Å²) < 4.78 is 0. The van der Waals surface area contributed by atoms with Gasteiger partial charge in [-0.2, -0.15) is 0 Å². The molecule has 0 aliphatic heterocycles. The SMILES string of the molecule is CC/C=C(/C=C\N(C)C)CC. The quantitative estimate of drug-likeness (QED) is 0.561. The molecule has 0 saturated carbocycles. The molecule has 0 N–H and O–H groups in total. The number of hydrogen-bond acceptors (Lipinski definition) is 1. The molecule has 0 radical (unpaired) electrons. The van der Waals surface area contributed by atoms with Crippen molar-refractivity contribution in [2.75, 3.05) is 14.1 Å². The van der Waals surface area contributed by atoms with Gasteiger partial charge in [0.15, 0.2) is 0 Å². The Balaban J connectivity index is 3.97. The molecule has 0 amide bonds. The summed E-state index contributed by atoms with van der Waals surface area (Å²) in [7, 11) is 4.07. The lowest BCUT2D eigenvalue weighted by Crippen LogP contribution is -2.00. The van der Waals surface area contributed by atoms with Gasteiger partial charge in [-0.05, 0) is 25.1 Å². The predicted molar refractivity (Wildman–Crippen MR) is 51.5 cm³/mol. The molecule has 0 aromatic rings. The highest BCUT2D eigenvalue weighted by molar-refractivity contribution is 5.17. The molecule has 11 heavy (non-hydrogen) atoms. The smallest absolute Gasteiger partial charge is 0.00556 e. The van der Waals surface area contributed by atoms with E-state index in [1.807, 2.05) is 14.1 Å². The van der Waals surface area contributed by atoms with Gasteiger partial charge in [0, 0.05) is 14.1 Å². The predicted octanol–water partition coefficient (Wildman–Crippen LogP) is 2.81. The minimum Gasteiger partial charge on any atom is -0.383 e. The maximum absolute atomic E-state index is 2.26. The molecule has 64 valence electrons. The summed E-state index contributed by atoms with van der Waals surface area (Å²) in [5, 5.41) is 0. The lowest BCUT2D eigenvalue weighted by atomic mass is 10.2. The number of allylic oxidation sites excluding steroid dienone is 3. The van der Waals surface area contributed by atoms with Gasteiger partial charge in [0.2, 0.25) is 0 Å². The van der Waals surface area contributed by atoms with Crippen LogP contribution in [0.25, 0.3) is 0 Å². The van der Waals surface area contributed by atoms with E-state index in [0.29, 0.717) is 0 Å². The van der Waals surface area contributed by atoms with E-state index in [1.165, 1.54) is 5.57 Å². The average molecular weight is 153 g/mol. The third-order valence-electron chi connectivity index (χ3n) is 1.46. The van der Waals surface area contributed by atoms with Gasteiger partial charge < -0.3 is 4.90 Å². The first-order valence-electron chi connectivity index (χ1n) is 4.24. The van der Waals surface area contributed by atoms with E-state index >= 15 is 0 Å². The van der Waals surface area contributed by atoms with E-state index in [1.54, 1.807) is 0 Å². The second kappa shape index (κ2) is 6.02. The molecule has 0 aromatic heterocycles. The van der Waals surface area contributed by atoms with Crippen molar-refractivity contribution in [3.8, 4) is 0 Å². The second-order valence-electron chi connectivity index (χ2n) is 2.82. The van der Waals surface area contributed by atoms with Crippen LogP contribution < -0.4 is 0 Å². The largest absolute Gasteiger partial charge is 0.383 e. The molecule has 1 heteroatoms. The Kier molecular flexibility index (Phi) is 5.63. The van der Waals surface area contributed by atoms with Crippen LogP contribution in [0.1, 0.15) is 26.7 Å². The van der Waals surface area contributed by atoms with Crippen molar-refractivity contribution in [3.63, 3.8) is 0 Å². The molecular formula is C10H19N. The number of rotatable bonds is 4. The lowest BCUT2D eigenvalue weighted by Gasteiger charge is -2.03. The van der Waals surface area contributed by atoms with E-state index in [2.05, 4.69) is 37.1 Å². The molecule has 1 nitrogen and oxygen atoms in total. The van der Waals surface area contributed by atoms with Gasteiger partial charge in [-0.3, -0.25) is 0 Å². The van der Waals surface area contributed by atoms with E-state index in [9.17, 15) is 0 Å². The van der Waals surface area contributed by atoms with E-state index in [-0.39, 0.29) is 0 Å². The summed E-state index contributed by atoms with van der Waals surface area (Å²) >= 11 is 0. The first kappa shape index (κ1) is 10.3. The van der Waals surface area contributed by atoms with Gasteiger partial charge in [0.05, 0.1) is 0 Å². The van der Waals surface area contributed by atoms with Crippen LogP contribution in [0.4, 0.5) is 0 Å². The van der Waals surface area contributed by atoms with Crippen LogP contribution in [-0.2, 0) is 0 Å². The Bertz CT molecular complexity index is 143. The van der Waals surface area contributed by atoms with Crippen molar-refractivity contribution in [2.24, 2.45) is 0 Å². The fourth-order valence-electron chi connectivity index (χ4n) is 0.837. The van der Waals surface area contributed by atoms with Crippen LogP contribution in [0, 0.1) is 0 Å². The highest BCUT2D eigenvalue weighted by atomic mass is 15.0. The summed E-state index contributed by atoms with van der Waals surface area (Å²) in [6.07, 6.45) is 8.77. The molecule has 0 aliphatic rings. The normalized spacial score (nSPS) is 12.5. The van der Waals surface area contributed by atoms with Gasteiger partial charge in [-0.15, -0.1) is 0 Å². The van der Waals surface area contributed by atoms with Crippen LogP contribution >= 0.6 is 0 Å². The van der Waals surface area contributed by atoms with Crippen molar-refractivity contribution in [2.45, 2.75) is 26.7 Å². The minimum absolute atomic E-state index is 1.12. The Labute approximate surface area is 70.4 Å². The zero-order valence-electron chi connectivity index (χ0n) is 8.09. The van der Waals surface area contributed by atoms with E-state index < -0.39 is 0 Å². The average Bonchev–Trinajstić information content (AvgIpc) is 1.97. The van der Waals surface area contributed by atoms with Crippen molar-refractivity contribution in [1.29, 1.82) is 0 Å². The van der Waals surface area contributed by atoms with Crippen LogP contribution in [-0.4, -0.2) is 19.0 Å². The van der Waals surface area contributed by atoms with Crippen LogP contribution in [0.3, 0.4) is 0 Å². The monoisotopic (exact) mass is 153 g/mol. The van der Waals surface area contributed by atoms with Crippen LogP contribution in [0.2, 0.25) is 0 Å². The van der Waals surface area contributed by atoms with Crippen molar-refractivity contribution in [1.82, 2.24) is 4.90 Å². The summed E-state index contributed by atoms with van der Waals surface area (Å²) in [4.78, 5) is 2.05. The fourth-order valence-corrected chi connectivity index (χ4v) is 0.837. The zero-order chi connectivity index (χ0) is 8.69. The fraction of sp³-hybridized carbons (Fsp3) is 0.600. The van der Waals surface area contributed by atoms with Gasteiger partial charge >= 0.3 is 0 Å². The zero-order valence-corrected chi connectivity index (χ0v) is 8.09. The van der Waals surface area contributed by atoms with E-state index in [0.717, 1.165) is 12.8 Å². The topological polar surface area (TPSA) is 3.24 Å². The van der Waals surface area contributed by atoms with Gasteiger partial charge in [0.1, 0.15) is 0 Å². The molecule has 0 atom stereocenters. The Hall–Kier alpha value is -0.720. The maximum Gasteiger partial charge on any atom is 0.00556 e. The number of hydrogen-bond donors (Lipinski definition) is 0. The van der Waals surface area contributed by atoms with E-state index in [4.69, 9.17) is 0 Å². The third kappa shape index (κ3) is 5.71. The summed E-state index contributed by atoms with van der Waals surface area (Å²) in [5.41, 5.74) is 1.42. The van der Waals surface area contributed by atoms with Gasteiger partial charge in [0.25, 0.3) is 0 Å². The molecule has 0 aliphatic carbocycles. The molecule has 0 fully saturated rings. The molecular weight excluding hydrogens is 134 g/mol. The Morgan fingerprint density at radius 1 is 1.27 bits per heavy atom. The third-order valence-corrected chi connectivity index (χ3v) is 1.46. The van der Waals surface area contributed by atoms with Crippen LogP contribution in [0.5, 0.6) is 0 Å². The maximum atomic E-state index is 2.26.